The Morgan fingerprint density at radius 1 is 1.33 bits per heavy atom. The summed E-state index contributed by atoms with van der Waals surface area (Å²) in [7, 11) is 0. The minimum Gasteiger partial charge on any atom is -0.354 e. The predicted molar refractivity (Wildman–Crippen MR) is 88.7 cm³/mol. The molecule has 1 N–H and O–H groups in total. The van der Waals surface area contributed by atoms with Crippen LogP contribution in [0.3, 0.4) is 0 Å². The van der Waals surface area contributed by atoms with E-state index in [2.05, 4.69) is 22.5 Å². The van der Waals surface area contributed by atoms with Crippen LogP contribution in [-0.4, -0.2) is 27.2 Å². The van der Waals surface area contributed by atoms with Gasteiger partial charge < -0.3 is 5.32 Å². The molecule has 1 aliphatic carbocycles. The molecule has 1 fully saturated rings. The summed E-state index contributed by atoms with van der Waals surface area (Å²) in [6, 6.07) is 10.2. The van der Waals surface area contributed by atoms with Gasteiger partial charge in [0.05, 0.1) is 4.92 Å². The van der Waals surface area contributed by atoms with Crippen LogP contribution in [0.5, 0.6) is 0 Å². The minimum absolute atomic E-state index is 0.00855. The zero-order chi connectivity index (χ0) is 17.3. The van der Waals surface area contributed by atoms with Gasteiger partial charge in [-0.1, -0.05) is 30.3 Å². The number of aromatic nitrogens is 2. The molecule has 1 aliphatic rings. The first kappa shape index (κ1) is 16.2. The Bertz CT molecular complexity index is 779. The highest BCUT2D eigenvalue weighted by molar-refractivity contribution is 5.76. The van der Waals surface area contributed by atoms with Crippen LogP contribution in [0.2, 0.25) is 0 Å². The summed E-state index contributed by atoms with van der Waals surface area (Å²) >= 11 is 0. The molecule has 7 nitrogen and oxygen atoms in total. The second-order valence-electron chi connectivity index (χ2n) is 6.36. The van der Waals surface area contributed by atoms with Crippen molar-refractivity contribution in [2.45, 2.75) is 38.6 Å². The number of hydrogen-bond acceptors (Lipinski definition) is 4. The second-order valence-corrected chi connectivity index (χ2v) is 6.36. The Balaban J connectivity index is 1.63. The van der Waals surface area contributed by atoms with Crippen LogP contribution < -0.4 is 5.32 Å². The Kier molecular flexibility index (Phi) is 4.09. The molecule has 1 amide bonds. The molecule has 7 heteroatoms. The van der Waals surface area contributed by atoms with Gasteiger partial charge in [0.2, 0.25) is 5.91 Å². The molecular weight excluding hydrogens is 308 g/mol. The molecule has 0 unspecified atom stereocenters. The van der Waals surface area contributed by atoms with Crippen molar-refractivity contribution in [1.82, 2.24) is 15.1 Å². The van der Waals surface area contributed by atoms with E-state index in [1.807, 2.05) is 18.2 Å². The molecule has 0 radical (unpaired) electrons. The van der Waals surface area contributed by atoms with E-state index in [4.69, 9.17) is 0 Å². The third-order valence-electron chi connectivity index (χ3n) is 4.68. The Morgan fingerprint density at radius 3 is 2.54 bits per heavy atom. The molecule has 1 aromatic heterocycles. The van der Waals surface area contributed by atoms with Gasteiger partial charge in [-0.25, -0.2) is 0 Å². The summed E-state index contributed by atoms with van der Waals surface area (Å²) in [4.78, 5) is 22.8. The highest BCUT2D eigenvalue weighted by atomic mass is 16.6. The highest BCUT2D eigenvalue weighted by Crippen LogP contribution is 2.47. The maximum absolute atomic E-state index is 12.2. The maximum atomic E-state index is 12.2. The number of amides is 1. The third-order valence-corrected chi connectivity index (χ3v) is 4.68. The average molecular weight is 328 g/mol. The highest BCUT2D eigenvalue weighted by Gasteiger charge is 2.44. The van der Waals surface area contributed by atoms with Gasteiger partial charge in [-0.05, 0) is 32.3 Å². The van der Waals surface area contributed by atoms with Gasteiger partial charge in [0.25, 0.3) is 0 Å². The van der Waals surface area contributed by atoms with E-state index in [-0.39, 0.29) is 23.6 Å². The maximum Gasteiger partial charge on any atom is 0.312 e. The van der Waals surface area contributed by atoms with Crippen molar-refractivity contribution >= 4 is 11.6 Å². The van der Waals surface area contributed by atoms with E-state index in [0.29, 0.717) is 17.9 Å². The molecule has 1 heterocycles. The van der Waals surface area contributed by atoms with Crippen molar-refractivity contribution in [2.24, 2.45) is 0 Å². The lowest BCUT2D eigenvalue weighted by molar-refractivity contribution is -0.386. The van der Waals surface area contributed by atoms with E-state index in [1.54, 1.807) is 13.8 Å². The van der Waals surface area contributed by atoms with Crippen LogP contribution in [0.25, 0.3) is 0 Å². The number of nitro groups is 1. The lowest BCUT2D eigenvalue weighted by Crippen LogP contribution is -2.35. The number of carbonyl (C=O) groups excluding carboxylic acids is 1. The van der Waals surface area contributed by atoms with Gasteiger partial charge in [0.1, 0.15) is 17.9 Å². The second kappa shape index (κ2) is 6.07. The molecular formula is C17H20N4O3. The van der Waals surface area contributed by atoms with Gasteiger partial charge >= 0.3 is 5.69 Å². The van der Waals surface area contributed by atoms with Gasteiger partial charge in [0, 0.05) is 12.0 Å². The zero-order valence-electron chi connectivity index (χ0n) is 13.8. The Hall–Kier alpha value is -2.70. The van der Waals surface area contributed by atoms with Crippen LogP contribution in [0.15, 0.2) is 30.3 Å². The van der Waals surface area contributed by atoms with Crippen molar-refractivity contribution in [3.63, 3.8) is 0 Å². The first-order chi connectivity index (χ1) is 11.4. The van der Waals surface area contributed by atoms with E-state index in [1.165, 1.54) is 10.2 Å². The summed E-state index contributed by atoms with van der Waals surface area (Å²) < 4.78 is 1.39. The molecule has 1 saturated carbocycles. The van der Waals surface area contributed by atoms with E-state index < -0.39 is 4.92 Å². The Labute approximate surface area is 139 Å². The van der Waals surface area contributed by atoms with Crippen molar-refractivity contribution in [3.05, 3.63) is 57.4 Å². The van der Waals surface area contributed by atoms with Gasteiger partial charge in [0.15, 0.2) is 0 Å². The standard InChI is InChI=1S/C17H20N4O3/c1-12-16(21(23)24)13(2)20(19-12)10-15(22)18-11-17(8-9-17)14-6-4-3-5-7-14/h3-7H,8-11H2,1-2H3,(H,18,22). The molecule has 0 saturated heterocycles. The normalized spacial score (nSPS) is 15.1. The van der Waals surface area contributed by atoms with Crippen molar-refractivity contribution in [3.8, 4) is 0 Å². The number of rotatable bonds is 6. The van der Waals surface area contributed by atoms with Crippen LogP contribution in [0.1, 0.15) is 29.8 Å². The van der Waals surface area contributed by atoms with E-state index >= 15 is 0 Å². The first-order valence-electron chi connectivity index (χ1n) is 7.93. The predicted octanol–water partition coefficient (Wildman–Crippen LogP) is 2.26. The fraction of sp³-hybridized carbons (Fsp3) is 0.412. The molecule has 0 bridgehead atoms. The molecule has 126 valence electrons. The molecule has 0 atom stereocenters. The fourth-order valence-corrected chi connectivity index (χ4v) is 3.08. The number of aryl methyl sites for hydroxylation is 1. The van der Waals surface area contributed by atoms with Crippen LogP contribution >= 0.6 is 0 Å². The lowest BCUT2D eigenvalue weighted by Gasteiger charge is -2.16. The van der Waals surface area contributed by atoms with Gasteiger partial charge in [-0.3, -0.25) is 19.6 Å². The quantitative estimate of drug-likeness (QED) is 0.650. The number of carbonyl (C=O) groups is 1. The number of benzene rings is 1. The van der Waals surface area contributed by atoms with Crippen molar-refractivity contribution in [2.75, 3.05) is 6.54 Å². The molecule has 0 spiro atoms. The molecule has 0 aliphatic heterocycles. The smallest absolute Gasteiger partial charge is 0.312 e. The van der Waals surface area contributed by atoms with E-state index in [0.717, 1.165) is 12.8 Å². The minimum atomic E-state index is -0.458. The summed E-state index contributed by atoms with van der Waals surface area (Å²) in [6.45, 7) is 3.76. The monoisotopic (exact) mass is 328 g/mol. The average Bonchev–Trinajstić information content (AvgIpc) is 3.28. The molecule has 3 rings (SSSR count). The van der Waals surface area contributed by atoms with Crippen molar-refractivity contribution in [1.29, 1.82) is 0 Å². The lowest BCUT2D eigenvalue weighted by atomic mass is 9.96. The van der Waals surface area contributed by atoms with Crippen LogP contribution in [-0.2, 0) is 16.8 Å². The third kappa shape index (κ3) is 3.02. The first-order valence-corrected chi connectivity index (χ1v) is 7.93. The summed E-state index contributed by atoms with van der Waals surface area (Å²) in [6.07, 6.45) is 2.12. The number of nitrogens with zero attached hydrogens (tertiary/aromatic N) is 3. The van der Waals surface area contributed by atoms with Crippen molar-refractivity contribution < 1.29 is 9.72 Å². The molecule has 24 heavy (non-hydrogen) atoms. The fourth-order valence-electron chi connectivity index (χ4n) is 3.08. The summed E-state index contributed by atoms with van der Waals surface area (Å²) in [5.41, 5.74) is 1.99. The number of hydrogen-bond donors (Lipinski definition) is 1. The van der Waals surface area contributed by atoms with Crippen LogP contribution in [0.4, 0.5) is 5.69 Å². The molecule has 2 aromatic rings. The topological polar surface area (TPSA) is 90.1 Å². The van der Waals surface area contributed by atoms with E-state index in [9.17, 15) is 14.9 Å². The Morgan fingerprint density at radius 2 is 2.00 bits per heavy atom. The number of nitrogens with one attached hydrogen (secondary N) is 1. The van der Waals surface area contributed by atoms with Gasteiger partial charge in [-0.15, -0.1) is 0 Å². The molecule has 1 aromatic carbocycles. The summed E-state index contributed by atoms with van der Waals surface area (Å²) in [5.74, 6) is -0.183. The SMILES string of the molecule is Cc1nn(CC(=O)NCC2(c3ccccc3)CC2)c(C)c1[N+](=O)[O-]. The summed E-state index contributed by atoms with van der Waals surface area (Å²) in [5, 5.41) is 18.1. The van der Waals surface area contributed by atoms with Crippen LogP contribution in [0, 0.1) is 24.0 Å². The zero-order valence-corrected chi connectivity index (χ0v) is 13.8. The largest absolute Gasteiger partial charge is 0.354 e. The van der Waals surface area contributed by atoms with Gasteiger partial charge in [-0.2, -0.15) is 5.10 Å².